The average Bonchev–Trinajstić information content (AvgIpc) is 2.77. The molecular formula is C30H14. The zero-order valence-electron chi connectivity index (χ0n) is 16.1. The van der Waals surface area contributed by atoms with Crippen molar-refractivity contribution in [3.05, 3.63) is 84.9 Å². The Bertz CT molecular complexity index is 2020. The Hall–Kier alpha value is -3.90. The van der Waals surface area contributed by atoms with Gasteiger partial charge in [-0.05, 0) is 86.2 Å². The standard InChI is InChI=1S/C30H14/c1-2-8-16-15(7-1)21-13-14-22-28(23(16)21)30-27-20-12-6-5-11-19(20)25(27)24-17-9-3-4-10-18(17)26(24)29(22)30/h1-14H. The van der Waals surface area contributed by atoms with Crippen LogP contribution in [0.5, 0.6) is 0 Å². The SMILES string of the molecule is c1ccc2c(c1)c1ccc3c(c21)c1c2c4ccccc4c2c2c4ccccc4c2c31. The quantitative estimate of drug-likeness (QED) is 0.249. The second-order valence-corrected chi connectivity index (χ2v) is 8.80. The number of benzene rings is 5. The molecule has 0 aromatic heterocycles. The zero-order valence-corrected chi connectivity index (χ0v) is 16.1. The Morgan fingerprint density at radius 1 is 0.200 bits per heavy atom. The maximum Gasteiger partial charge on any atom is -0.0000699 e. The second-order valence-electron chi connectivity index (χ2n) is 8.80. The molecule has 0 amide bonds. The molecule has 30 heavy (non-hydrogen) atoms. The zero-order chi connectivity index (χ0) is 19.1. The van der Waals surface area contributed by atoms with E-state index in [0.717, 1.165) is 0 Å². The van der Waals surface area contributed by atoms with Crippen LogP contribution in [0.15, 0.2) is 84.9 Å². The smallest absolute Gasteiger partial charge is 0.0000699 e. The minimum absolute atomic E-state index is 1.40. The lowest BCUT2D eigenvalue weighted by Gasteiger charge is -2.28. The molecule has 0 bridgehead atoms. The third-order valence-corrected chi connectivity index (χ3v) is 7.64. The van der Waals surface area contributed by atoms with Gasteiger partial charge in [-0.1, -0.05) is 84.9 Å². The molecule has 134 valence electrons. The summed E-state index contributed by atoms with van der Waals surface area (Å²) in [5.74, 6) is 0. The normalized spacial score (nSPS) is 13.3. The summed E-state index contributed by atoms with van der Waals surface area (Å²) >= 11 is 0. The number of hydrogen-bond acceptors (Lipinski definition) is 0. The van der Waals surface area contributed by atoms with Crippen molar-refractivity contribution in [1.29, 1.82) is 0 Å². The highest BCUT2D eigenvalue weighted by molar-refractivity contribution is 6.59. The molecule has 0 aliphatic carbocycles. The lowest BCUT2D eigenvalue weighted by molar-refractivity contribution is 1.80. The molecule has 0 radical (unpaired) electrons. The molecular weight excluding hydrogens is 360 g/mol. The summed E-state index contributed by atoms with van der Waals surface area (Å²) < 4.78 is 0. The van der Waals surface area contributed by atoms with Gasteiger partial charge >= 0.3 is 0 Å². The van der Waals surface area contributed by atoms with Gasteiger partial charge in [0.25, 0.3) is 0 Å². The number of hydrogen-bond donors (Lipinski definition) is 0. The molecule has 0 nitrogen and oxygen atoms in total. The maximum absolute atomic E-state index is 2.37. The molecule has 9 aromatic carbocycles. The number of fused-ring (bicyclic) bond motifs is 20. The third-order valence-electron chi connectivity index (χ3n) is 7.64. The van der Waals surface area contributed by atoms with Crippen molar-refractivity contribution in [3.8, 4) is 0 Å². The summed E-state index contributed by atoms with van der Waals surface area (Å²) in [5, 5.41) is 23.2. The van der Waals surface area contributed by atoms with E-state index in [1.807, 2.05) is 0 Å². The topological polar surface area (TPSA) is 0 Å². The van der Waals surface area contributed by atoms with E-state index in [0.29, 0.717) is 0 Å². The average molecular weight is 374 g/mol. The summed E-state index contributed by atoms with van der Waals surface area (Å²) in [6.45, 7) is 0. The highest BCUT2D eigenvalue weighted by Crippen LogP contribution is 2.58. The first-order chi connectivity index (χ1) is 14.9. The van der Waals surface area contributed by atoms with Crippen molar-refractivity contribution < 1.29 is 0 Å². The fourth-order valence-corrected chi connectivity index (χ4v) is 6.45. The van der Waals surface area contributed by atoms with Crippen molar-refractivity contribution in [3.63, 3.8) is 0 Å². The highest BCUT2D eigenvalue weighted by atomic mass is 14.3. The molecule has 0 heterocycles. The van der Waals surface area contributed by atoms with Crippen molar-refractivity contribution in [1.82, 2.24) is 0 Å². The molecule has 9 rings (SSSR count). The minimum atomic E-state index is 1.40. The Morgan fingerprint density at radius 2 is 0.500 bits per heavy atom. The molecule has 0 N–H and O–H groups in total. The predicted molar refractivity (Wildman–Crippen MR) is 131 cm³/mol. The largest absolute Gasteiger partial charge is 0.0616 e. The summed E-state index contributed by atoms with van der Waals surface area (Å²) in [5.41, 5.74) is 0. The Balaban J connectivity index is 1.64. The van der Waals surface area contributed by atoms with E-state index in [1.54, 1.807) is 0 Å². The molecule has 9 aromatic rings. The van der Waals surface area contributed by atoms with Gasteiger partial charge in [-0.15, -0.1) is 0 Å². The van der Waals surface area contributed by atoms with Crippen molar-refractivity contribution in [2.75, 3.05) is 0 Å². The third kappa shape index (κ3) is 1.23. The van der Waals surface area contributed by atoms with Crippen LogP contribution >= 0.6 is 0 Å². The van der Waals surface area contributed by atoms with Gasteiger partial charge in [0, 0.05) is 0 Å². The fourth-order valence-electron chi connectivity index (χ4n) is 6.45. The van der Waals surface area contributed by atoms with Gasteiger partial charge in [0.1, 0.15) is 0 Å². The van der Waals surface area contributed by atoms with Crippen LogP contribution < -0.4 is 0 Å². The van der Waals surface area contributed by atoms with Gasteiger partial charge < -0.3 is 0 Å². The second kappa shape index (κ2) is 4.32. The van der Waals surface area contributed by atoms with Crippen LogP contribution in [-0.2, 0) is 0 Å². The lowest BCUT2D eigenvalue weighted by Crippen LogP contribution is -1.99. The molecule has 0 aliphatic rings. The first-order valence-electron chi connectivity index (χ1n) is 10.6. The van der Waals surface area contributed by atoms with Crippen LogP contribution in [0.4, 0.5) is 0 Å². The van der Waals surface area contributed by atoms with Crippen LogP contribution in [0.3, 0.4) is 0 Å². The van der Waals surface area contributed by atoms with E-state index in [9.17, 15) is 0 Å². The van der Waals surface area contributed by atoms with Crippen molar-refractivity contribution >= 4 is 86.2 Å². The Kier molecular flexibility index (Phi) is 2.04. The van der Waals surface area contributed by atoms with Crippen LogP contribution in [0.1, 0.15) is 0 Å². The molecule has 0 atom stereocenters. The van der Waals surface area contributed by atoms with Gasteiger partial charge in [-0.3, -0.25) is 0 Å². The van der Waals surface area contributed by atoms with Gasteiger partial charge in [-0.2, -0.15) is 0 Å². The van der Waals surface area contributed by atoms with E-state index < -0.39 is 0 Å². The summed E-state index contributed by atoms with van der Waals surface area (Å²) in [6, 6.07) is 31.4. The van der Waals surface area contributed by atoms with Crippen molar-refractivity contribution in [2.45, 2.75) is 0 Å². The summed E-state index contributed by atoms with van der Waals surface area (Å²) in [6.07, 6.45) is 0. The Morgan fingerprint density at radius 3 is 1.03 bits per heavy atom. The predicted octanol–water partition coefficient (Wildman–Crippen LogP) is 8.66. The van der Waals surface area contributed by atoms with Gasteiger partial charge in [0.2, 0.25) is 0 Å². The van der Waals surface area contributed by atoms with Crippen LogP contribution in [0, 0.1) is 0 Å². The van der Waals surface area contributed by atoms with Gasteiger partial charge in [0.15, 0.2) is 0 Å². The molecule has 0 saturated carbocycles. The summed E-state index contributed by atoms with van der Waals surface area (Å²) in [4.78, 5) is 0. The van der Waals surface area contributed by atoms with Crippen LogP contribution in [0.25, 0.3) is 86.2 Å². The lowest BCUT2D eigenvalue weighted by atomic mass is 9.74. The highest BCUT2D eigenvalue weighted by Gasteiger charge is 2.29. The summed E-state index contributed by atoms with van der Waals surface area (Å²) in [7, 11) is 0. The molecule has 0 fully saturated rings. The Labute approximate surface area is 171 Å². The molecule has 0 heteroatoms. The molecule has 0 saturated heterocycles. The minimum Gasteiger partial charge on any atom is -0.0616 e. The molecule has 0 aliphatic heterocycles. The van der Waals surface area contributed by atoms with Gasteiger partial charge in [0.05, 0.1) is 0 Å². The molecule has 0 unspecified atom stereocenters. The van der Waals surface area contributed by atoms with E-state index in [4.69, 9.17) is 0 Å². The van der Waals surface area contributed by atoms with E-state index in [-0.39, 0.29) is 0 Å². The van der Waals surface area contributed by atoms with E-state index in [2.05, 4.69) is 84.9 Å². The first kappa shape index (κ1) is 14.1. The number of rotatable bonds is 0. The van der Waals surface area contributed by atoms with Crippen LogP contribution in [-0.4, -0.2) is 0 Å². The molecule has 0 spiro atoms. The monoisotopic (exact) mass is 374 g/mol. The van der Waals surface area contributed by atoms with Crippen molar-refractivity contribution in [2.24, 2.45) is 0 Å². The van der Waals surface area contributed by atoms with Crippen LogP contribution in [0.2, 0.25) is 0 Å². The fraction of sp³-hybridized carbons (Fsp3) is 0. The van der Waals surface area contributed by atoms with E-state index in [1.165, 1.54) is 86.2 Å². The maximum atomic E-state index is 2.37. The van der Waals surface area contributed by atoms with Gasteiger partial charge in [-0.25, -0.2) is 0 Å². The van der Waals surface area contributed by atoms with E-state index >= 15 is 0 Å². The first-order valence-corrected chi connectivity index (χ1v) is 10.6.